The summed E-state index contributed by atoms with van der Waals surface area (Å²) in [5.41, 5.74) is 4.90. The normalized spacial score (nSPS) is 15.8. The number of carbonyl (C=O) groups is 2. The Bertz CT molecular complexity index is 1350. The summed E-state index contributed by atoms with van der Waals surface area (Å²) in [5.74, 6) is -0.349. The summed E-state index contributed by atoms with van der Waals surface area (Å²) in [6.45, 7) is 1.86. The second kappa shape index (κ2) is 11.8. The molecular formula is C29H30FN3O4. The van der Waals surface area contributed by atoms with Crippen molar-refractivity contribution in [3.63, 3.8) is 0 Å². The predicted molar refractivity (Wildman–Crippen MR) is 140 cm³/mol. The van der Waals surface area contributed by atoms with Crippen molar-refractivity contribution in [3.05, 3.63) is 77.5 Å². The number of aromatic nitrogens is 2. The molecule has 7 nitrogen and oxygen atoms in total. The van der Waals surface area contributed by atoms with Crippen molar-refractivity contribution in [2.45, 2.75) is 51.2 Å². The van der Waals surface area contributed by atoms with Gasteiger partial charge < -0.3 is 15.2 Å². The van der Waals surface area contributed by atoms with Crippen molar-refractivity contribution in [1.29, 1.82) is 0 Å². The Morgan fingerprint density at radius 3 is 2.59 bits per heavy atom. The molecule has 0 spiro atoms. The number of amides is 1. The lowest BCUT2D eigenvalue weighted by atomic mass is 10.00. The van der Waals surface area contributed by atoms with Crippen LogP contribution < -0.4 is 10.1 Å². The quantitative estimate of drug-likeness (QED) is 0.357. The van der Waals surface area contributed by atoms with E-state index in [1.54, 1.807) is 37.5 Å². The number of unbranched alkanes of at least 4 members (excludes halogenated alkanes) is 1. The van der Waals surface area contributed by atoms with Crippen LogP contribution in [0.3, 0.4) is 0 Å². The van der Waals surface area contributed by atoms with Gasteiger partial charge in [0.15, 0.2) is 0 Å². The summed E-state index contributed by atoms with van der Waals surface area (Å²) in [6.07, 6.45) is 6.18. The number of halogens is 1. The standard InChI is InChI=1S/C29H30FN3O4/c1-18(19-7-12-22(30)13-8-19)31-29(36)21-11-16-24-26(17-21)32-25(5-3-4-6-27(34)35)28(33-24)20-9-14-23(37-2)15-10-20/h7-12,14-18,22H,3-6,13H2,1-2H3,(H,31,36)(H,34,35)/t18-,22?/m1/s1. The fourth-order valence-corrected chi connectivity index (χ4v) is 4.25. The number of ether oxygens (including phenoxy) is 1. The molecule has 0 saturated carbocycles. The van der Waals surface area contributed by atoms with Crippen molar-refractivity contribution in [3.8, 4) is 17.0 Å². The third-order valence-electron chi connectivity index (χ3n) is 6.34. The van der Waals surface area contributed by atoms with Crippen molar-refractivity contribution >= 4 is 22.9 Å². The highest BCUT2D eigenvalue weighted by Gasteiger charge is 2.17. The lowest BCUT2D eigenvalue weighted by Gasteiger charge is -2.18. The van der Waals surface area contributed by atoms with Gasteiger partial charge in [0, 0.05) is 24.0 Å². The monoisotopic (exact) mass is 503 g/mol. The van der Waals surface area contributed by atoms with Crippen LogP contribution >= 0.6 is 0 Å². The van der Waals surface area contributed by atoms with Crippen LogP contribution in [0.1, 0.15) is 48.7 Å². The molecule has 37 heavy (non-hydrogen) atoms. The average molecular weight is 504 g/mol. The van der Waals surface area contributed by atoms with Crippen molar-refractivity contribution in [2.24, 2.45) is 0 Å². The first-order valence-electron chi connectivity index (χ1n) is 12.3. The highest BCUT2D eigenvalue weighted by atomic mass is 19.1. The molecule has 192 valence electrons. The highest BCUT2D eigenvalue weighted by molar-refractivity contribution is 5.97. The molecule has 1 aliphatic carbocycles. The van der Waals surface area contributed by atoms with Gasteiger partial charge >= 0.3 is 5.97 Å². The van der Waals surface area contributed by atoms with Gasteiger partial charge in [-0.15, -0.1) is 0 Å². The Balaban J connectivity index is 1.60. The molecule has 0 bridgehead atoms. The number of hydrogen-bond acceptors (Lipinski definition) is 5. The molecule has 1 aliphatic rings. The van der Waals surface area contributed by atoms with Gasteiger partial charge in [0.05, 0.1) is 35.6 Å². The summed E-state index contributed by atoms with van der Waals surface area (Å²) in [7, 11) is 1.61. The molecule has 1 aromatic heterocycles. The van der Waals surface area contributed by atoms with Crippen LogP contribution in [0.2, 0.25) is 0 Å². The van der Waals surface area contributed by atoms with Crippen LogP contribution in [0, 0.1) is 0 Å². The molecule has 0 radical (unpaired) electrons. The summed E-state index contributed by atoms with van der Waals surface area (Å²) >= 11 is 0. The second-order valence-electron chi connectivity index (χ2n) is 9.06. The molecule has 0 aliphatic heterocycles. The van der Waals surface area contributed by atoms with Crippen molar-refractivity contribution < 1.29 is 23.8 Å². The Morgan fingerprint density at radius 1 is 1.14 bits per heavy atom. The van der Waals surface area contributed by atoms with E-state index < -0.39 is 12.1 Å². The fourth-order valence-electron chi connectivity index (χ4n) is 4.25. The number of aliphatic carboxylic acids is 1. The Labute approximate surface area is 215 Å². The van der Waals surface area contributed by atoms with Gasteiger partial charge in [-0.25, -0.2) is 14.4 Å². The molecule has 2 aromatic carbocycles. The maximum Gasteiger partial charge on any atom is 0.303 e. The van der Waals surface area contributed by atoms with Crippen LogP contribution in [0.15, 0.2) is 66.3 Å². The van der Waals surface area contributed by atoms with Gasteiger partial charge in [-0.05, 0) is 74.2 Å². The van der Waals surface area contributed by atoms with E-state index in [9.17, 15) is 14.0 Å². The number of nitrogens with zero attached hydrogens (tertiary/aromatic N) is 2. The molecular weight excluding hydrogens is 473 g/mol. The molecule has 3 aromatic rings. The number of fused-ring (bicyclic) bond motifs is 1. The smallest absolute Gasteiger partial charge is 0.303 e. The molecule has 1 unspecified atom stereocenters. The fraction of sp³-hybridized carbons (Fsp3) is 0.310. The van der Waals surface area contributed by atoms with Gasteiger partial charge in [0.1, 0.15) is 11.9 Å². The van der Waals surface area contributed by atoms with Gasteiger partial charge in [0.25, 0.3) is 5.91 Å². The number of rotatable bonds is 10. The average Bonchev–Trinajstić information content (AvgIpc) is 2.90. The van der Waals surface area contributed by atoms with E-state index in [-0.39, 0.29) is 18.4 Å². The zero-order valence-corrected chi connectivity index (χ0v) is 20.9. The zero-order chi connectivity index (χ0) is 26.4. The molecule has 2 N–H and O–H groups in total. The number of alkyl halides is 1. The lowest BCUT2D eigenvalue weighted by molar-refractivity contribution is -0.137. The predicted octanol–water partition coefficient (Wildman–Crippen LogP) is 5.45. The van der Waals surface area contributed by atoms with Crippen LogP contribution in [-0.2, 0) is 11.2 Å². The molecule has 0 fully saturated rings. The number of carboxylic acid groups (broad SMARTS) is 1. The molecule has 1 heterocycles. The van der Waals surface area contributed by atoms with Crippen LogP contribution in [0.4, 0.5) is 4.39 Å². The van der Waals surface area contributed by atoms with Crippen molar-refractivity contribution in [1.82, 2.24) is 15.3 Å². The van der Waals surface area contributed by atoms with E-state index in [1.165, 1.54) is 6.08 Å². The maximum absolute atomic E-state index is 13.4. The first-order valence-corrected chi connectivity index (χ1v) is 12.3. The number of aryl methyl sites for hydroxylation is 1. The van der Waals surface area contributed by atoms with E-state index in [0.717, 1.165) is 28.3 Å². The third-order valence-corrected chi connectivity index (χ3v) is 6.34. The summed E-state index contributed by atoms with van der Waals surface area (Å²) in [4.78, 5) is 33.6. The van der Waals surface area contributed by atoms with Gasteiger partial charge in [-0.3, -0.25) is 9.59 Å². The molecule has 8 heteroatoms. The van der Waals surface area contributed by atoms with Crippen LogP contribution in [-0.4, -0.2) is 46.3 Å². The highest BCUT2D eigenvalue weighted by Crippen LogP contribution is 2.27. The minimum atomic E-state index is -0.980. The number of methoxy groups -OCH3 is 1. The molecule has 1 amide bonds. The topological polar surface area (TPSA) is 101 Å². The van der Waals surface area contributed by atoms with E-state index in [4.69, 9.17) is 19.8 Å². The first kappa shape index (κ1) is 26.0. The molecule has 2 atom stereocenters. The Kier molecular flexibility index (Phi) is 8.28. The van der Waals surface area contributed by atoms with E-state index >= 15 is 0 Å². The number of nitrogens with one attached hydrogen (secondary N) is 1. The molecule has 4 rings (SSSR count). The Hall–Kier alpha value is -4.07. The minimum Gasteiger partial charge on any atom is -0.497 e. The SMILES string of the molecule is COc1ccc(-c2nc3ccc(C(=O)N[C@H](C)C4=CCC(F)C=C4)cc3nc2CCCCC(=O)O)cc1. The summed E-state index contributed by atoms with van der Waals surface area (Å²) in [6, 6.07) is 12.5. The minimum absolute atomic E-state index is 0.0962. The van der Waals surface area contributed by atoms with Crippen LogP contribution in [0.5, 0.6) is 5.75 Å². The van der Waals surface area contributed by atoms with Gasteiger partial charge in [-0.1, -0.05) is 18.2 Å². The van der Waals surface area contributed by atoms with E-state index in [2.05, 4.69) is 5.32 Å². The van der Waals surface area contributed by atoms with Gasteiger partial charge in [0.2, 0.25) is 0 Å². The van der Waals surface area contributed by atoms with E-state index in [0.29, 0.717) is 42.3 Å². The number of benzene rings is 2. The van der Waals surface area contributed by atoms with E-state index in [1.807, 2.05) is 31.2 Å². The number of carboxylic acids is 1. The maximum atomic E-state index is 13.4. The first-order chi connectivity index (χ1) is 17.8. The number of allylic oxidation sites excluding steroid dienone is 2. The lowest BCUT2D eigenvalue weighted by Crippen LogP contribution is -2.34. The van der Waals surface area contributed by atoms with Gasteiger partial charge in [-0.2, -0.15) is 0 Å². The third kappa shape index (κ3) is 6.58. The Morgan fingerprint density at radius 2 is 1.92 bits per heavy atom. The van der Waals surface area contributed by atoms with Crippen LogP contribution in [0.25, 0.3) is 22.3 Å². The summed E-state index contributed by atoms with van der Waals surface area (Å²) < 4.78 is 18.6. The molecule has 0 saturated heterocycles. The number of carbonyl (C=O) groups excluding carboxylic acids is 1. The van der Waals surface area contributed by atoms with Crippen molar-refractivity contribution in [2.75, 3.05) is 7.11 Å². The zero-order valence-electron chi connectivity index (χ0n) is 20.9. The largest absolute Gasteiger partial charge is 0.497 e. The summed E-state index contributed by atoms with van der Waals surface area (Å²) in [5, 5.41) is 11.9. The number of hydrogen-bond donors (Lipinski definition) is 2. The second-order valence-corrected chi connectivity index (χ2v) is 9.06.